The Bertz CT molecular complexity index is 1190. The van der Waals surface area contributed by atoms with Crippen molar-refractivity contribution >= 4 is 46.8 Å². The Morgan fingerprint density at radius 1 is 0.643 bits per heavy atom. The fraction of sp³-hybridized carbons (Fsp3) is 0.448. The van der Waals surface area contributed by atoms with Crippen molar-refractivity contribution in [3.05, 3.63) is 48.5 Å². The highest BCUT2D eigenvalue weighted by Crippen LogP contribution is 2.27. The van der Waals surface area contributed by atoms with Crippen LogP contribution in [0, 0.1) is 0 Å². The fourth-order valence-corrected chi connectivity index (χ4v) is 5.01. The van der Waals surface area contributed by atoms with Crippen LogP contribution in [0.25, 0.3) is 0 Å². The lowest BCUT2D eigenvalue weighted by Crippen LogP contribution is -2.41. The quantitative estimate of drug-likeness (QED) is 0.542. The third-order valence-corrected chi connectivity index (χ3v) is 7.38. The lowest BCUT2D eigenvalue weighted by Gasteiger charge is -2.27. The van der Waals surface area contributed by atoms with E-state index in [2.05, 4.69) is 0 Å². The molecule has 6 rings (SSSR count). The topological polar surface area (TPSA) is 144 Å². The van der Waals surface area contributed by atoms with Gasteiger partial charge in [-0.25, -0.2) is 9.59 Å². The van der Waals surface area contributed by atoms with Crippen molar-refractivity contribution in [2.24, 2.45) is 5.73 Å². The largest absolute Gasteiger partial charge is 0.444 e. The molecule has 4 aliphatic rings. The first-order valence-corrected chi connectivity index (χ1v) is 14.0. The Morgan fingerprint density at radius 2 is 1.02 bits per heavy atom. The smallest absolute Gasteiger partial charge is 0.414 e. The predicted molar refractivity (Wildman–Crippen MR) is 154 cm³/mol. The molecule has 0 bridgehead atoms. The van der Waals surface area contributed by atoms with Crippen molar-refractivity contribution in [1.29, 1.82) is 0 Å². The van der Waals surface area contributed by atoms with Crippen LogP contribution in [0.15, 0.2) is 48.5 Å². The molecule has 0 aromatic heterocycles. The Labute approximate surface area is 243 Å². The van der Waals surface area contributed by atoms with E-state index >= 15 is 0 Å². The number of carbonyl (C=O) groups excluding carboxylic acids is 4. The van der Waals surface area contributed by atoms with Gasteiger partial charge in [0.1, 0.15) is 25.4 Å². The van der Waals surface area contributed by atoms with E-state index in [0.717, 1.165) is 29.2 Å². The minimum Gasteiger partial charge on any atom is -0.444 e. The molecule has 2 aromatic carbocycles. The van der Waals surface area contributed by atoms with Crippen LogP contribution < -0.4 is 25.3 Å². The van der Waals surface area contributed by atoms with Crippen LogP contribution in [0.4, 0.5) is 32.3 Å². The Kier molecular flexibility index (Phi) is 9.20. The normalized spacial score (nSPS) is 22.6. The highest BCUT2D eigenvalue weighted by molar-refractivity contribution is 5.96. The van der Waals surface area contributed by atoms with Gasteiger partial charge in [0.25, 0.3) is 11.8 Å². The zero-order chi connectivity index (χ0) is 29.6. The van der Waals surface area contributed by atoms with Gasteiger partial charge in [-0.2, -0.15) is 0 Å². The zero-order valence-electron chi connectivity index (χ0n) is 23.5. The second-order valence-electron chi connectivity index (χ2n) is 10.1. The van der Waals surface area contributed by atoms with Gasteiger partial charge in [0.2, 0.25) is 0 Å². The van der Waals surface area contributed by atoms with Crippen LogP contribution in [0.5, 0.6) is 0 Å². The van der Waals surface area contributed by atoms with Crippen molar-refractivity contribution in [2.45, 2.75) is 25.6 Å². The molecule has 0 spiro atoms. The van der Waals surface area contributed by atoms with Crippen molar-refractivity contribution in [3.8, 4) is 0 Å². The fourth-order valence-electron chi connectivity index (χ4n) is 5.01. The van der Waals surface area contributed by atoms with E-state index in [4.69, 9.17) is 24.7 Å². The van der Waals surface area contributed by atoms with E-state index in [-0.39, 0.29) is 49.4 Å². The lowest BCUT2D eigenvalue weighted by atomic mass is 10.2. The molecule has 0 unspecified atom stereocenters. The first-order valence-electron chi connectivity index (χ1n) is 14.0. The number of benzene rings is 2. The molecule has 4 saturated heterocycles. The van der Waals surface area contributed by atoms with E-state index in [9.17, 15) is 19.2 Å². The van der Waals surface area contributed by atoms with Crippen molar-refractivity contribution in [1.82, 2.24) is 0 Å². The highest BCUT2D eigenvalue weighted by atomic mass is 16.6. The minimum atomic E-state index is -0.388. The second kappa shape index (κ2) is 13.2. The van der Waals surface area contributed by atoms with Gasteiger partial charge in [0.05, 0.1) is 26.3 Å². The van der Waals surface area contributed by atoms with Crippen LogP contribution >= 0.6 is 0 Å². The standard InChI is InChI=1S/C15H18N2O4.C14H17N3O4/c1-2-13-9-17(15(19)21-13)12-5-3-11(4-6-12)16-7-8-20-10-14(16)18;15-7-12-8-17(14(19)21-12)11-3-1-10(2-4-11)16-5-6-20-9-13(16)18/h3-6,13H,2,7-10H2,1H3;1-4,12H,5-9,15H2/t13-;12-/m00/s1. The van der Waals surface area contributed by atoms with Gasteiger partial charge in [-0.3, -0.25) is 19.4 Å². The molecule has 4 heterocycles. The summed E-state index contributed by atoms with van der Waals surface area (Å²) in [5.41, 5.74) is 8.67. The van der Waals surface area contributed by atoms with Crippen LogP contribution in [0.1, 0.15) is 13.3 Å². The molecule has 0 radical (unpaired) electrons. The molecular weight excluding hydrogens is 546 g/mol. The summed E-state index contributed by atoms with van der Waals surface area (Å²) in [7, 11) is 0. The first kappa shape index (κ1) is 29.3. The van der Waals surface area contributed by atoms with Gasteiger partial charge in [0.15, 0.2) is 0 Å². The molecule has 2 atom stereocenters. The zero-order valence-corrected chi connectivity index (χ0v) is 23.5. The van der Waals surface area contributed by atoms with Gasteiger partial charge in [-0.1, -0.05) is 6.92 Å². The third kappa shape index (κ3) is 6.48. The third-order valence-electron chi connectivity index (χ3n) is 7.38. The van der Waals surface area contributed by atoms with Crippen molar-refractivity contribution in [2.75, 3.05) is 78.8 Å². The van der Waals surface area contributed by atoms with Crippen LogP contribution in [-0.2, 0) is 28.5 Å². The SMILES string of the molecule is CC[C@H]1CN(c2ccc(N3CCOCC3=O)cc2)C(=O)O1.NC[C@H]1CN(c2ccc(N3CCOCC3=O)cc2)C(=O)O1. The molecule has 4 fully saturated rings. The van der Waals surface area contributed by atoms with E-state index < -0.39 is 0 Å². The molecule has 4 aliphatic heterocycles. The average molecular weight is 582 g/mol. The maximum absolute atomic E-state index is 11.8. The van der Waals surface area contributed by atoms with Gasteiger partial charge in [-0.15, -0.1) is 0 Å². The summed E-state index contributed by atoms with van der Waals surface area (Å²) in [6.07, 6.45) is -0.198. The summed E-state index contributed by atoms with van der Waals surface area (Å²) >= 11 is 0. The number of nitrogens with zero attached hydrogens (tertiary/aromatic N) is 4. The summed E-state index contributed by atoms with van der Waals surface area (Å²) in [6.45, 7) is 5.74. The average Bonchev–Trinajstić information content (AvgIpc) is 3.60. The summed E-state index contributed by atoms with van der Waals surface area (Å²) in [5.74, 6) is -0.0987. The Balaban J connectivity index is 0.000000168. The van der Waals surface area contributed by atoms with Gasteiger partial charge >= 0.3 is 12.2 Å². The van der Waals surface area contributed by atoms with Gasteiger partial charge < -0.3 is 34.5 Å². The Morgan fingerprint density at radius 3 is 1.36 bits per heavy atom. The summed E-state index contributed by atoms with van der Waals surface area (Å²) in [5, 5.41) is 0. The number of cyclic esters (lactones) is 2. The molecule has 13 nitrogen and oxygen atoms in total. The van der Waals surface area contributed by atoms with Crippen LogP contribution in [0.2, 0.25) is 0 Å². The van der Waals surface area contributed by atoms with E-state index in [1.165, 1.54) is 0 Å². The molecule has 0 aliphatic carbocycles. The summed E-state index contributed by atoms with van der Waals surface area (Å²) in [4.78, 5) is 53.7. The predicted octanol–water partition coefficient (Wildman–Crippen LogP) is 2.12. The maximum Gasteiger partial charge on any atom is 0.414 e. The van der Waals surface area contributed by atoms with Crippen molar-refractivity contribution < 1.29 is 38.1 Å². The maximum atomic E-state index is 11.8. The molecule has 42 heavy (non-hydrogen) atoms. The number of rotatable bonds is 6. The molecule has 2 N–H and O–H groups in total. The molecule has 0 saturated carbocycles. The number of anilines is 4. The van der Waals surface area contributed by atoms with Gasteiger partial charge in [-0.05, 0) is 55.0 Å². The molecule has 2 aromatic rings. The number of nitrogens with two attached hydrogens (primary N) is 1. The van der Waals surface area contributed by atoms with Crippen molar-refractivity contribution in [3.63, 3.8) is 0 Å². The summed E-state index contributed by atoms with van der Waals surface area (Å²) in [6, 6.07) is 14.6. The van der Waals surface area contributed by atoms with Crippen LogP contribution in [0.3, 0.4) is 0 Å². The molecule has 13 heteroatoms. The van der Waals surface area contributed by atoms with E-state index in [1.807, 2.05) is 43.3 Å². The lowest BCUT2D eigenvalue weighted by molar-refractivity contribution is -0.126. The monoisotopic (exact) mass is 581 g/mol. The summed E-state index contributed by atoms with van der Waals surface area (Å²) < 4.78 is 20.6. The Hall–Kier alpha value is -4.20. The molecular formula is C29H35N5O8. The number of amides is 4. The number of hydrogen-bond donors (Lipinski definition) is 1. The number of ether oxygens (including phenoxy) is 4. The first-order chi connectivity index (χ1) is 20.4. The number of morpholine rings is 2. The number of carbonyl (C=O) groups is 4. The van der Waals surface area contributed by atoms with E-state index in [1.54, 1.807) is 31.7 Å². The van der Waals surface area contributed by atoms with Crippen LogP contribution in [-0.4, -0.2) is 95.4 Å². The second-order valence-corrected chi connectivity index (χ2v) is 10.1. The highest BCUT2D eigenvalue weighted by Gasteiger charge is 2.32. The molecule has 4 amide bonds. The van der Waals surface area contributed by atoms with Gasteiger partial charge in [0, 0.05) is 42.4 Å². The number of hydrogen-bond acceptors (Lipinski definition) is 9. The van der Waals surface area contributed by atoms with E-state index in [0.29, 0.717) is 45.9 Å². The molecule has 224 valence electrons. The minimum absolute atomic E-state index is 0.0411.